The predicted molar refractivity (Wildman–Crippen MR) is 109 cm³/mol. The molecule has 2 fully saturated rings. The molecule has 2 N–H and O–H groups in total. The van der Waals surface area contributed by atoms with Gasteiger partial charge in [0.05, 0.1) is 6.54 Å². The predicted octanol–water partition coefficient (Wildman–Crippen LogP) is 3.87. The topological polar surface area (TPSA) is 57.4 Å². The SMILES string of the molecule is O=C1OC2(CCNCC2)CN1CC(c1ccccc1)c1c[nH]c2ccccc12. The van der Waals surface area contributed by atoms with Crippen LogP contribution in [-0.2, 0) is 4.74 Å². The van der Waals surface area contributed by atoms with Gasteiger partial charge in [-0.15, -0.1) is 0 Å². The van der Waals surface area contributed by atoms with E-state index in [0.29, 0.717) is 13.1 Å². The van der Waals surface area contributed by atoms with Crippen LogP contribution in [0.5, 0.6) is 0 Å². The highest BCUT2D eigenvalue weighted by Gasteiger charge is 2.46. The van der Waals surface area contributed by atoms with Crippen molar-refractivity contribution >= 4 is 17.0 Å². The second kappa shape index (κ2) is 6.99. The third-order valence-corrected chi connectivity index (χ3v) is 6.16. The monoisotopic (exact) mass is 375 g/mol. The van der Waals surface area contributed by atoms with Crippen LogP contribution in [0.4, 0.5) is 4.79 Å². The van der Waals surface area contributed by atoms with Gasteiger partial charge in [-0.05, 0) is 30.3 Å². The number of piperidine rings is 1. The highest BCUT2D eigenvalue weighted by atomic mass is 16.6. The number of para-hydroxylation sites is 1. The molecule has 5 heteroatoms. The van der Waals surface area contributed by atoms with E-state index in [9.17, 15) is 4.79 Å². The molecule has 1 unspecified atom stereocenters. The molecule has 144 valence electrons. The zero-order chi connectivity index (χ0) is 19.0. The minimum absolute atomic E-state index is 0.0989. The molecule has 0 bridgehead atoms. The van der Waals surface area contributed by atoms with Crippen LogP contribution >= 0.6 is 0 Å². The Morgan fingerprint density at radius 3 is 2.61 bits per heavy atom. The number of carbonyl (C=O) groups excluding carboxylic acids is 1. The zero-order valence-electron chi connectivity index (χ0n) is 15.9. The van der Waals surface area contributed by atoms with Crippen molar-refractivity contribution in [3.63, 3.8) is 0 Å². The number of ether oxygens (including phenoxy) is 1. The lowest BCUT2D eigenvalue weighted by Gasteiger charge is -2.31. The van der Waals surface area contributed by atoms with Gasteiger partial charge in [0, 0.05) is 42.4 Å². The molecule has 2 saturated heterocycles. The highest BCUT2D eigenvalue weighted by molar-refractivity contribution is 5.84. The lowest BCUT2D eigenvalue weighted by atomic mass is 9.89. The Balaban J connectivity index is 1.48. The fourth-order valence-corrected chi connectivity index (χ4v) is 4.65. The van der Waals surface area contributed by atoms with Gasteiger partial charge in [0.15, 0.2) is 0 Å². The summed E-state index contributed by atoms with van der Waals surface area (Å²) < 4.78 is 5.88. The Morgan fingerprint density at radius 2 is 1.79 bits per heavy atom. The second-order valence-electron chi connectivity index (χ2n) is 7.93. The van der Waals surface area contributed by atoms with Gasteiger partial charge in [-0.25, -0.2) is 4.79 Å². The van der Waals surface area contributed by atoms with Crippen molar-refractivity contribution < 1.29 is 9.53 Å². The van der Waals surface area contributed by atoms with Crippen LogP contribution in [0.25, 0.3) is 10.9 Å². The number of nitrogens with zero attached hydrogens (tertiary/aromatic N) is 1. The summed E-state index contributed by atoms with van der Waals surface area (Å²) in [6.45, 7) is 3.12. The van der Waals surface area contributed by atoms with Gasteiger partial charge in [0.25, 0.3) is 0 Å². The van der Waals surface area contributed by atoms with Gasteiger partial charge in [-0.2, -0.15) is 0 Å². The van der Waals surface area contributed by atoms with Crippen molar-refractivity contribution in [3.05, 3.63) is 71.9 Å². The summed E-state index contributed by atoms with van der Waals surface area (Å²) in [4.78, 5) is 18.0. The van der Waals surface area contributed by atoms with Crippen molar-refractivity contribution in [2.75, 3.05) is 26.2 Å². The van der Waals surface area contributed by atoms with E-state index in [-0.39, 0.29) is 17.6 Å². The Bertz CT molecular complexity index is 976. The summed E-state index contributed by atoms with van der Waals surface area (Å²) in [6, 6.07) is 18.8. The van der Waals surface area contributed by atoms with E-state index < -0.39 is 0 Å². The molecule has 0 saturated carbocycles. The molecule has 0 aliphatic carbocycles. The lowest BCUT2D eigenvalue weighted by Crippen LogP contribution is -2.45. The van der Waals surface area contributed by atoms with Gasteiger partial charge in [0.2, 0.25) is 0 Å². The first kappa shape index (κ1) is 17.3. The van der Waals surface area contributed by atoms with Gasteiger partial charge in [-0.3, -0.25) is 0 Å². The number of fused-ring (bicyclic) bond motifs is 1. The second-order valence-corrected chi connectivity index (χ2v) is 7.93. The maximum atomic E-state index is 12.7. The first-order chi connectivity index (χ1) is 13.7. The summed E-state index contributed by atoms with van der Waals surface area (Å²) >= 11 is 0. The minimum Gasteiger partial charge on any atom is -0.441 e. The number of aromatic nitrogens is 1. The molecule has 2 aliphatic heterocycles. The Kier molecular flexibility index (Phi) is 4.32. The quantitative estimate of drug-likeness (QED) is 0.728. The van der Waals surface area contributed by atoms with Crippen LogP contribution in [0.15, 0.2) is 60.8 Å². The largest absolute Gasteiger partial charge is 0.441 e. The molecule has 3 aromatic rings. The first-order valence-electron chi connectivity index (χ1n) is 10.0. The number of benzene rings is 2. The van der Waals surface area contributed by atoms with Crippen molar-refractivity contribution in [1.29, 1.82) is 0 Å². The number of hydrogen-bond acceptors (Lipinski definition) is 3. The van der Waals surface area contributed by atoms with Crippen LogP contribution in [-0.4, -0.2) is 47.8 Å². The van der Waals surface area contributed by atoms with Crippen LogP contribution in [0.1, 0.15) is 29.9 Å². The van der Waals surface area contributed by atoms with E-state index in [1.54, 1.807) is 0 Å². The number of H-pyrrole nitrogens is 1. The van der Waals surface area contributed by atoms with Gasteiger partial charge in [-0.1, -0.05) is 48.5 Å². The third-order valence-electron chi connectivity index (χ3n) is 6.16. The lowest BCUT2D eigenvalue weighted by molar-refractivity contribution is 0.0316. The molecule has 1 atom stereocenters. The van der Waals surface area contributed by atoms with E-state index in [2.05, 4.69) is 59.0 Å². The summed E-state index contributed by atoms with van der Waals surface area (Å²) in [5.74, 6) is 0.0989. The van der Waals surface area contributed by atoms with E-state index in [0.717, 1.165) is 31.4 Å². The molecule has 5 nitrogen and oxygen atoms in total. The molecule has 3 heterocycles. The minimum atomic E-state index is -0.316. The van der Waals surface area contributed by atoms with Gasteiger partial charge >= 0.3 is 6.09 Å². The number of hydrogen-bond donors (Lipinski definition) is 2. The van der Waals surface area contributed by atoms with Crippen molar-refractivity contribution in [1.82, 2.24) is 15.2 Å². The van der Waals surface area contributed by atoms with Crippen LogP contribution in [0.3, 0.4) is 0 Å². The molecule has 5 rings (SSSR count). The maximum Gasteiger partial charge on any atom is 0.410 e. The zero-order valence-corrected chi connectivity index (χ0v) is 15.9. The maximum absolute atomic E-state index is 12.7. The fourth-order valence-electron chi connectivity index (χ4n) is 4.65. The number of rotatable bonds is 4. The average Bonchev–Trinajstić information content (AvgIpc) is 3.28. The van der Waals surface area contributed by atoms with E-state index >= 15 is 0 Å². The molecular formula is C23H25N3O2. The van der Waals surface area contributed by atoms with Gasteiger partial charge < -0.3 is 19.9 Å². The number of nitrogens with one attached hydrogen (secondary N) is 2. The molecule has 2 aliphatic rings. The van der Waals surface area contributed by atoms with Crippen molar-refractivity contribution in [3.8, 4) is 0 Å². The van der Waals surface area contributed by atoms with Crippen molar-refractivity contribution in [2.45, 2.75) is 24.4 Å². The van der Waals surface area contributed by atoms with Crippen molar-refractivity contribution in [2.24, 2.45) is 0 Å². The molecule has 28 heavy (non-hydrogen) atoms. The fraction of sp³-hybridized carbons (Fsp3) is 0.348. The summed E-state index contributed by atoms with van der Waals surface area (Å²) in [5, 5.41) is 4.57. The van der Waals surface area contributed by atoms with Crippen LogP contribution < -0.4 is 5.32 Å². The third kappa shape index (κ3) is 3.06. The van der Waals surface area contributed by atoms with E-state index in [1.165, 1.54) is 16.5 Å². The Labute approximate surface area is 164 Å². The Morgan fingerprint density at radius 1 is 1.04 bits per heavy atom. The highest BCUT2D eigenvalue weighted by Crippen LogP contribution is 2.36. The standard InChI is InChI=1S/C23H25N3O2/c27-22-26(16-23(28-22)10-12-24-13-11-23)15-20(17-6-2-1-3-7-17)19-14-25-21-9-5-4-8-18(19)21/h1-9,14,20,24-25H,10-13,15-16H2. The molecule has 0 radical (unpaired) electrons. The Hall–Kier alpha value is -2.79. The number of aromatic amines is 1. The van der Waals surface area contributed by atoms with Crippen LogP contribution in [0.2, 0.25) is 0 Å². The molecule has 1 aromatic heterocycles. The molecular weight excluding hydrogens is 350 g/mol. The molecule has 1 spiro atoms. The summed E-state index contributed by atoms with van der Waals surface area (Å²) in [7, 11) is 0. The average molecular weight is 375 g/mol. The summed E-state index contributed by atoms with van der Waals surface area (Å²) in [6.07, 6.45) is 3.68. The van der Waals surface area contributed by atoms with E-state index in [1.807, 2.05) is 17.0 Å². The smallest absolute Gasteiger partial charge is 0.410 e. The number of carbonyl (C=O) groups is 1. The molecule has 1 amide bonds. The molecule has 2 aromatic carbocycles. The van der Waals surface area contributed by atoms with Gasteiger partial charge in [0.1, 0.15) is 5.60 Å². The normalized spacial score (nSPS) is 19.9. The van der Waals surface area contributed by atoms with E-state index in [4.69, 9.17) is 4.74 Å². The van der Waals surface area contributed by atoms with Crippen LogP contribution in [0, 0.1) is 0 Å². The summed E-state index contributed by atoms with van der Waals surface area (Å²) in [5.41, 5.74) is 3.24. The first-order valence-corrected chi connectivity index (χ1v) is 10.0. The number of amides is 1.